The van der Waals surface area contributed by atoms with Gasteiger partial charge in [0.2, 0.25) is 5.91 Å². The quantitative estimate of drug-likeness (QED) is 0.880. The lowest BCUT2D eigenvalue weighted by Crippen LogP contribution is -2.30. The second kappa shape index (κ2) is 7.59. The monoisotopic (exact) mass is 357 g/mol. The number of methoxy groups -OCH3 is 2. The number of aromatic amines is 1. The maximum Gasteiger partial charge on any atom is 0.251 e. The van der Waals surface area contributed by atoms with Crippen molar-refractivity contribution in [2.45, 2.75) is 25.7 Å². The number of hydrogen-bond donors (Lipinski definition) is 1. The molecule has 7 nitrogen and oxygen atoms in total. The molecule has 0 unspecified atom stereocenters. The van der Waals surface area contributed by atoms with Crippen molar-refractivity contribution >= 4 is 5.91 Å². The van der Waals surface area contributed by atoms with E-state index >= 15 is 0 Å². The zero-order chi connectivity index (χ0) is 18.7. The van der Waals surface area contributed by atoms with Gasteiger partial charge in [-0.15, -0.1) is 0 Å². The molecule has 0 saturated carbocycles. The molecule has 2 aromatic rings. The van der Waals surface area contributed by atoms with Crippen LogP contribution in [-0.2, 0) is 11.2 Å². The molecule has 0 aliphatic carbocycles. The third-order valence-electron chi connectivity index (χ3n) is 4.64. The fourth-order valence-corrected chi connectivity index (χ4v) is 3.32. The van der Waals surface area contributed by atoms with Gasteiger partial charge in [0.05, 0.1) is 26.3 Å². The van der Waals surface area contributed by atoms with E-state index in [2.05, 4.69) is 9.97 Å². The molecule has 0 bridgehead atoms. The Morgan fingerprint density at radius 2 is 2.04 bits per heavy atom. The summed E-state index contributed by atoms with van der Waals surface area (Å²) in [5.74, 6) is 2.01. The van der Waals surface area contributed by atoms with Crippen molar-refractivity contribution in [3.63, 3.8) is 0 Å². The minimum atomic E-state index is -0.150. The molecule has 1 aromatic heterocycles. The van der Waals surface area contributed by atoms with Gasteiger partial charge in [-0.05, 0) is 31.0 Å². The van der Waals surface area contributed by atoms with E-state index in [4.69, 9.17) is 9.47 Å². The first-order valence-corrected chi connectivity index (χ1v) is 8.56. The second-order valence-electron chi connectivity index (χ2n) is 6.45. The number of ether oxygens (including phenoxy) is 2. The van der Waals surface area contributed by atoms with Gasteiger partial charge in [-0.1, -0.05) is 6.07 Å². The number of likely N-dealkylation sites (tertiary alicyclic amines) is 1. The summed E-state index contributed by atoms with van der Waals surface area (Å²) in [5.41, 5.74) is 1.48. The maximum atomic E-state index is 12.6. The van der Waals surface area contributed by atoms with Crippen LogP contribution in [0.4, 0.5) is 0 Å². The van der Waals surface area contributed by atoms with Gasteiger partial charge in [-0.25, -0.2) is 4.98 Å². The Bertz CT molecular complexity index is 862. The van der Waals surface area contributed by atoms with E-state index in [1.54, 1.807) is 27.2 Å². The highest BCUT2D eigenvalue weighted by Gasteiger charge is 2.28. The van der Waals surface area contributed by atoms with Gasteiger partial charge in [-0.3, -0.25) is 9.59 Å². The lowest BCUT2D eigenvalue weighted by atomic mass is 10.0. The number of benzene rings is 1. The van der Waals surface area contributed by atoms with Crippen molar-refractivity contribution in [1.82, 2.24) is 14.9 Å². The summed E-state index contributed by atoms with van der Waals surface area (Å²) < 4.78 is 10.5. The van der Waals surface area contributed by atoms with Crippen molar-refractivity contribution in [2.75, 3.05) is 27.3 Å². The molecule has 3 rings (SSSR count). The van der Waals surface area contributed by atoms with E-state index in [-0.39, 0.29) is 17.4 Å². The Hall–Kier alpha value is -2.83. The number of hydrogen-bond acceptors (Lipinski definition) is 5. The summed E-state index contributed by atoms with van der Waals surface area (Å²) in [4.78, 5) is 33.2. The zero-order valence-corrected chi connectivity index (χ0v) is 15.2. The summed E-state index contributed by atoms with van der Waals surface area (Å²) in [6.07, 6.45) is 1.11. The highest BCUT2D eigenvalue weighted by Crippen LogP contribution is 2.29. The topological polar surface area (TPSA) is 84.5 Å². The second-order valence-corrected chi connectivity index (χ2v) is 6.45. The first kappa shape index (κ1) is 18.0. The van der Waals surface area contributed by atoms with Gasteiger partial charge >= 0.3 is 0 Å². The summed E-state index contributed by atoms with van der Waals surface area (Å²) in [5, 5.41) is 0. The van der Waals surface area contributed by atoms with Crippen LogP contribution in [0.25, 0.3) is 0 Å². The van der Waals surface area contributed by atoms with Crippen molar-refractivity contribution in [1.29, 1.82) is 0 Å². The van der Waals surface area contributed by atoms with E-state index in [1.807, 2.05) is 17.0 Å². The highest BCUT2D eigenvalue weighted by atomic mass is 16.5. The third kappa shape index (κ3) is 3.87. The number of rotatable bonds is 5. The number of nitrogens with one attached hydrogen (secondary N) is 1. The first-order chi connectivity index (χ1) is 12.5. The first-order valence-electron chi connectivity index (χ1n) is 8.56. The molecule has 7 heteroatoms. The molecule has 1 saturated heterocycles. The lowest BCUT2D eigenvalue weighted by molar-refractivity contribution is -0.129. The maximum absolute atomic E-state index is 12.6. The molecule has 0 radical (unpaired) electrons. The average Bonchev–Trinajstić information content (AvgIpc) is 3.11. The van der Waals surface area contributed by atoms with Crippen LogP contribution < -0.4 is 15.0 Å². The van der Waals surface area contributed by atoms with Crippen LogP contribution in [0, 0.1) is 6.92 Å². The number of nitrogens with zero attached hydrogens (tertiary/aromatic N) is 2. The fraction of sp³-hybridized carbons (Fsp3) is 0.421. The zero-order valence-electron chi connectivity index (χ0n) is 15.2. The largest absolute Gasteiger partial charge is 0.493 e. The average molecular weight is 357 g/mol. The molecule has 0 spiro atoms. The molecule has 1 aliphatic rings. The third-order valence-corrected chi connectivity index (χ3v) is 4.64. The van der Waals surface area contributed by atoms with Crippen LogP contribution in [0.3, 0.4) is 0 Å². The molecule has 1 fully saturated rings. The van der Waals surface area contributed by atoms with E-state index in [1.165, 1.54) is 6.07 Å². The van der Waals surface area contributed by atoms with Crippen molar-refractivity contribution < 1.29 is 14.3 Å². The van der Waals surface area contributed by atoms with Gasteiger partial charge in [0, 0.05) is 25.1 Å². The minimum Gasteiger partial charge on any atom is -0.493 e. The summed E-state index contributed by atoms with van der Waals surface area (Å²) in [7, 11) is 3.16. The van der Waals surface area contributed by atoms with E-state index < -0.39 is 0 Å². The molecular weight excluding hydrogens is 334 g/mol. The number of aryl methyl sites for hydroxylation is 1. The minimum absolute atomic E-state index is 0.0567. The predicted molar refractivity (Wildman–Crippen MR) is 96.8 cm³/mol. The molecular formula is C19H23N3O4. The van der Waals surface area contributed by atoms with Crippen LogP contribution in [0.5, 0.6) is 11.5 Å². The molecule has 26 heavy (non-hydrogen) atoms. The van der Waals surface area contributed by atoms with E-state index in [9.17, 15) is 9.59 Å². The normalized spacial score (nSPS) is 16.6. The van der Waals surface area contributed by atoms with Crippen LogP contribution in [0.1, 0.15) is 29.4 Å². The number of H-pyrrole nitrogens is 1. The number of aromatic nitrogens is 2. The van der Waals surface area contributed by atoms with E-state index in [0.29, 0.717) is 36.8 Å². The number of carbonyl (C=O) groups is 1. The Labute approximate surface area is 152 Å². The predicted octanol–water partition coefficient (Wildman–Crippen LogP) is 1.65. The molecule has 1 aliphatic heterocycles. The van der Waals surface area contributed by atoms with Crippen molar-refractivity contribution in [3.8, 4) is 11.5 Å². The van der Waals surface area contributed by atoms with Crippen LogP contribution >= 0.6 is 0 Å². The summed E-state index contributed by atoms with van der Waals surface area (Å²) in [6.45, 7) is 3.02. The Morgan fingerprint density at radius 3 is 2.73 bits per heavy atom. The highest BCUT2D eigenvalue weighted by molar-refractivity contribution is 5.79. The van der Waals surface area contributed by atoms with Crippen LogP contribution in [0.15, 0.2) is 29.1 Å². The molecule has 1 N–H and O–H groups in total. The number of carbonyl (C=O) groups excluding carboxylic acids is 1. The van der Waals surface area contributed by atoms with Gasteiger partial charge in [0.15, 0.2) is 11.5 Å². The van der Waals surface area contributed by atoms with Gasteiger partial charge in [0.25, 0.3) is 5.56 Å². The molecule has 138 valence electrons. The SMILES string of the molecule is COc1ccc(CC(=O)N2CC[C@H](c3cc(=O)[nH]c(C)n3)C2)cc1OC. The molecule has 1 amide bonds. The van der Waals surface area contributed by atoms with Crippen molar-refractivity contribution in [3.05, 3.63) is 51.7 Å². The number of amides is 1. The lowest BCUT2D eigenvalue weighted by Gasteiger charge is -2.17. The Morgan fingerprint density at radius 1 is 1.27 bits per heavy atom. The van der Waals surface area contributed by atoms with Gasteiger partial charge in [-0.2, -0.15) is 0 Å². The fourth-order valence-electron chi connectivity index (χ4n) is 3.32. The molecule has 1 atom stereocenters. The van der Waals surface area contributed by atoms with E-state index in [0.717, 1.165) is 17.7 Å². The Kier molecular flexibility index (Phi) is 5.25. The summed E-state index contributed by atoms with van der Waals surface area (Å²) >= 11 is 0. The summed E-state index contributed by atoms with van der Waals surface area (Å²) in [6, 6.07) is 7.03. The van der Waals surface area contributed by atoms with Crippen molar-refractivity contribution in [2.24, 2.45) is 0 Å². The van der Waals surface area contributed by atoms with Crippen LogP contribution in [-0.4, -0.2) is 48.1 Å². The van der Waals surface area contributed by atoms with Gasteiger partial charge in [0.1, 0.15) is 5.82 Å². The smallest absolute Gasteiger partial charge is 0.251 e. The van der Waals surface area contributed by atoms with Crippen LogP contribution in [0.2, 0.25) is 0 Å². The molecule has 1 aromatic carbocycles. The standard InChI is InChI=1S/C19H23N3O4/c1-12-20-15(10-18(23)21-12)14-6-7-22(11-14)19(24)9-13-4-5-16(25-2)17(8-13)26-3/h4-5,8,10,14H,6-7,9,11H2,1-3H3,(H,20,21,23)/t14-/m0/s1. The van der Waals surface area contributed by atoms with Gasteiger partial charge < -0.3 is 19.4 Å². The Balaban J connectivity index is 1.67. The molecule has 2 heterocycles.